The zero-order valence-corrected chi connectivity index (χ0v) is 12.2. The van der Waals surface area contributed by atoms with Crippen molar-refractivity contribution < 1.29 is 0 Å². The Kier molecular flexibility index (Phi) is 4.91. The van der Waals surface area contributed by atoms with Gasteiger partial charge in [-0.2, -0.15) is 0 Å². The Balaban J connectivity index is 1.91. The summed E-state index contributed by atoms with van der Waals surface area (Å²) in [5.74, 6) is 0.668. The molecular weight excluding hydrogens is 267 g/mol. The smallest absolute Gasteiger partial charge is 0.0465 e. The van der Waals surface area contributed by atoms with Gasteiger partial charge in [0.1, 0.15) is 0 Å². The summed E-state index contributed by atoms with van der Waals surface area (Å²) in [4.78, 5) is 2.44. The monoisotopic (exact) mass is 286 g/mol. The molecule has 0 amide bonds. The van der Waals surface area contributed by atoms with Crippen LogP contribution in [0.2, 0.25) is 10.0 Å². The van der Waals surface area contributed by atoms with Crippen molar-refractivity contribution in [2.24, 2.45) is 11.7 Å². The van der Waals surface area contributed by atoms with Crippen LogP contribution in [0, 0.1) is 5.92 Å². The van der Waals surface area contributed by atoms with Gasteiger partial charge in [0.05, 0.1) is 0 Å². The third kappa shape index (κ3) is 3.61. The maximum Gasteiger partial charge on any atom is 0.0465 e. The third-order valence-electron chi connectivity index (χ3n) is 3.78. The van der Waals surface area contributed by atoms with Gasteiger partial charge in [-0.15, -0.1) is 0 Å². The molecule has 0 bridgehead atoms. The van der Waals surface area contributed by atoms with E-state index in [9.17, 15) is 0 Å². The van der Waals surface area contributed by atoms with Gasteiger partial charge in [-0.1, -0.05) is 29.3 Å². The van der Waals surface area contributed by atoms with Crippen molar-refractivity contribution in [3.05, 3.63) is 33.8 Å². The van der Waals surface area contributed by atoms with Gasteiger partial charge < -0.3 is 5.73 Å². The topological polar surface area (TPSA) is 29.3 Å². The normalized spacial score (nSPS) is 20.0. The number of hydrogen-bond donors (Lipinski definition) is 1. The first-order chi connectivity index (χ1) is 8.56. The average molecular weight is 287 g/mol. The van der Waals surface area contributed by atoms with Crippen LogP contribution in [0.25, 0.3) is 0 Å². The first kappa shape index (κ1) is 14.1. The van der Waals surface area contributed by atoms with Crippen LogP contribution < -0.4 is 5.73 Å². The van der Waals surface area contributed by atoms with E-state index in [-0.39, 0.29) is 0 Å². The van der Waals surface area contributed by atoms with Gasteiger partial charge in [0.15, 0.2) is 0 Å². The molecule has 0 saturated carbocycles. The van der Waals surface area contributed by atoms with E-state index in [4.69, 9.17) is 28.9 Å². The number of piperidine rings is 1. The van der Waals surface area contributed by atoms with E-state index < -0.39 is 0 Å². The molecule has 1 unspecified atom stereocenters. The summed E-state index contributed by atoms with van der Waals surface area (Å²) in [5.41, 5.74) is 7.10. The van der Waals surface area contributed by atoms with Gasteiger partial charge in [0.25, 0.3) is 0 Å². The van der Waals surface area contributed by atoms with Gasteiger partial charge in [-0.25, -0.2) is 0 Å². The summed E-state index contributed by atoms with van der Waals surface area (Å²) in [6.07, 6.45) is 2.37. The summed E-state index contributed by atoms with van der Waals surface area (Å²) in [6.45, 7) is 5.22. The molecule has 1 aliphatic heterocycles. The molecule has 1 heterocycles. The van der Waals surface area contributed by atoms with Crippen molar-refractivity contribution in [1.29, 1.82) is 0 Å². The highest BCUT2D eigenvalue weighted by molar-refractivity contribution is 6.35. The van der Waals surface area contributed by atoms with E-state index in [1.54, 1.807) is 0 Å². The lowest BCUT2D eigenvalue weighted by Gasteiger charge is -2.33. The molecule has 4 heteroatoms. The molecule has 1 aliphatic rings. The van der Waals surface area contributed by atoms with Crippen LogP contribution in [0.15, 0.2) is 18.2 Å². The molecule has 1 aromatic rings. The minimum atomic E-state index is 0.311. The van der Waals surface area contributed by atoms with E-state index in [2.05, 4.69) is 11.8 Å². The highest BCUT2D eigenvalue weighted by atomic mass is 35.5. The summed E-state index contributed by atoms with van der Waals surface area (Å²) in [5, 5.41) is 1.45. The van der Waals surface area contributed by atoms with Crippen molar-refractivity contribution in [1.82, 2.24) is 4.90 Å². The Morgan fingerprint density at radius 3 is 2.56 bits per heavy atom. The van der Waals surface area contributed by atoms with Crippen molar-refractivity contribution in [2.45, 2.75) is 32.4 Å². The van der Waals surface area contributed by atoms with E-state index in [0.29, 0.717) is 17.0 Å². The minimum absolute atomic E-state index is 0.311. The Labute approximate surface area is 119 Å². The number of nitrogens with zero attached hydrogens (tertiary/aromatic N) is 1. The lowest BCUT2D eigenvalue weighted by Crippen LogP contribution is -2.39. The van der Waals surface area contributed by atoms with Crippen molar-refractivity contribution in [3.8, 4) is 0 Å². The van der Waals surface area contributed by atoms with E-state index >= 15 is 0 Å². The van der Waals surface area contributed by atoms with Crippen LogP contribution in [0.4, 0.5) is 0 Å². The average Bonchev–Trinajstić information content (AvgIpc) is 2.33. The third-order valence-corrected chi connectivity index (χ3v) is 4.37. The van der Waals surface area contributed by atoms with Crippen molar-refractivity contribution in [3.63, 3.8) is 0 Å². The predicted octanol–water partition coefficient (Wildman–Crippen LogP) is 3.55. The summed E-state index contributed by atoms with van der Waals surface area (Å²) < 4.78 is 0. The highest BCUT2D eigenvalue weighted by Gasteiger charge is 2.22. The highest BCUT2D eigenvalue weighted by Crippen LogP contribution is 2.25. The number of likely N-dealkylation sites (tertiary alicyclic amines) is 1. The molecule has 2 N–H and O–H groups in total. The molecule has 0 aliphatic carbocycles. The second kappa shape index (κ2) is 6.25. The van der Waals surface area contributed by atoms with E-state index in [1.807, 2.05) is 18.2 Å². The second-order valence-electron chi connectivity index (χ2n) is 5.21. The summed E-state index contributed by atoms with van der Waals surface area (Å²) >= 11 is 12.1. The van der Waals surface area contributed by atoms with Gasteiger partial charge in [0, 0.05) is 22.6 Å². The second-order valence-corrected chi connectivity index (χ2v) is 6.05. The Morgan fingerprint density at radius 1 is 1.33 bits per heavy atom. The zero-order chi connectivity index (χ0) is 13.1. The standard InChI is InChI=1S/C14H20Cl2N2/c1-10(17)11-4-6-18(7-5-11)9-12-2-3-13(15)8-14(12)16/h2-3,8,10-11H,4-7,9,17H2,1H3. The van der Waals surface area contributed by atoms with Gasteiger partial charge in [-0.05, 0) is 56.5 Å². The van der Waals surface area contributed by atoms with Crippen LogP contribution in [-0.4, -0.2) is 24.0 Å². The first-order valence-corrected chi connectivity index (χ1v) is 7.23. The zero-order valence-electron chi connectivity index (χ0n) is 10.7. The molecule has 18 heavy (non-hydrogen) atoms. The molecule has 0 aromatic heterocycles. The Bertz CT molecular complexity index is 399. The first-order valence-electron chi connectivity index (χ1n) is 6.48. The van der Waals surface area contributed by atoms with Crippen LogP contribution in [-0.2, 0) is 6.54 Å². The van der Waals surface area contributed by atoms with Gasteiger partial charge in [-0.3, -0.25) is 4.90 Å². The van der Waals surface area contributed by atoms with Crippen molar-refractivity contribution >= 4 is 23.2 Å². The molecule has 0 radical (unpaired) electrons. The lowest BCUT2D eigenvalue weighted by atomic mass is 9.91. The molecule has 1 saturated heterocycles. The Hall–Kier alpha value is -0.280. The SMILES string of the molecule is CC(N)C1CCN(Cc2ccc(Cl)cc2Cl)CC1. The molecule has 1 atom stereocenters. The van der Waals surface area contributed by atoms with Crippen molar-refractivity contribution in [2.75, 3.05) is 13.1 Å². The maximum atomic E-state index is 6.20. The largest absolute Gasteiger partial charge is 0.328 e. The number of hydrogen-bond acceptors (Lipinski definition) is 2. The molecule has 2 nitrogen and oxygen atoms in total. The molecular formula is C14H20Cl2N2. The van der Waals surface area contributed by atoms with E-state index in [0.717, 1.165) is 30.2 Å². The molecule has 1 aromatic carbocycles. The molecule has 2 rings (SSSR count). The summed E-state index contributed by atoms with van der Waals surface area (Å²) in [7, 11) is 0. The fourth-order valence-corrected chi connectivity index (χ4v) is 3.00. The fraction of sp³-hybridized carbons (Fsp3) is 0.571. The van der Waals surface area contributed by atoms with E-state index in [1.165, 1.54) is 12.8 Å². The quantitative estimate of drug-likeness (QED) is 0.921. The summed E-state index contributed by atoms with van der Waals surface area (Å²) in [6, 6.07) is 6.04. The number of benzene rings is 1. The van der Waals surface area contributed by atoms with Crippen LogP contribution in [0.3, 0.4) is 0 Å². The number of rotatable bonds is 3. The fourth-order valence-electron chi connectivity index (χ4n) is 2.53. The van der Waals surface area contributed by atoms with Crippen LogP contribution in [0.1, 0.15) is 25.3 Å². The minimum Gasteiger partial charge on any atom is -0.328 e. The molecule has 0 spiro atoms. The number of nitrogens with two attached hydrogens (primary N) is 1. The van der Waals surface area contributed by atoms with Gasteiger partial charge in [0.2, 0.25) is 0 Å². The maximum absolute atomic E-state index is 6.20. The predicted molar refractivity (Wildman–Crippen MR) is 78.1 cm³/mol. The van der Waals surface area contributed by atoms with Crippen LogP contribution >= 0.6 is 23.2 Å². The van der Waals surface area contributed by atoms with Crippen LogP contribution in [0.5, 0.6) is 0 Å². The Morgan fingerprint density at radius 2 is 2.00 bits per heavy atom. The lowest BCUT2D eigenvalue weighted by molar-refractivity contribution is 0.166. The molecule has 100 valence electrons. The molecule has 1 fully saturated rings. The number of halogens is 2. The van der Waals surface area contributed by atoms with Gasteiger partial charge >= 0.3 is 0 Å².